The molecule has 0 saturated heterocycles. The molecule has 1 aliphatic rings. The lowest BCUT2D eigenvalue weighted by Gasteiger charge is -2.28. The van der Waals surface area contributed by atoms with E-state index >= 15 is 0 Å². The van der Waals surface area contributed by atoms with Crippen molar-refractivity contribution in [2.45, 2.75) is 46.0 Å². The van der Waals surface area contributed by atoms with E-state index in [1.54, 1.807) is 23.3 Å². The van der Waals surface area contributed by atoms with Gasteiger partial charge in [-0.05, 0) is 63.1 Å². The number of amides is 1. The molecule has 0 aliphatic heterocycles. The van der Waals surface area contributed by atoms with Crippen molar-refractivity contribution in [3.8, 4) is 22.8 Å². The van der Waals surface area contributed by atoms with Gasteiger partial charge in [-0.1, -0.05) is 31.4 Å². The molecule has 0 atom stereocenters. The number of rotatable bonds is 7. The minimum Gasteiger partial charge on any atom is -0.495 e. The van der Waals surface area contributed by atoms with E-state index in [4.69, 9.17) is 14.5 Å². The largest absolute Gasteiger partial charge is 0.495 e. The van der Waals surface area contributed by atoms with Crippen molar-refractivity contribution in [3.05, 3.63) is 53.4 Å². The molecule has 1 heterocycles. The summed E-state index contributed by atoms with van der Waals surface area (Å²) in [6.07, 6.45) is 5.27. The van der Waals surface area contributed by atoms with Crippen LogP contribution in [0.2, 0.25) is 0 Å². The van der Waals surface area contributed by atoms with Gasteiger partial charge in [0.1, 0.15) is 11.5 Å². The number of nitrogens with zero attached hydrogens (tertiary/aromatic N) is 2. The topological polar surface area (TPSA) is 51.7 Å². The smallest absolute Gasteiger partial charge is 0.236 e. The predicted octanol–water partition coefficient (Wildman–Crippen LogP) is 6.77. The Hall–Kier alpha value is -2.86. The zero-order valence-electron chi connectivity index (χ0n) is 19.0. The second kappa shape index (κ2) is 10.2. The van der Waals surface area contributed by atoms with Gasteiger partial charge in [0, 0.05) is 16.4 Å². The van der Waals surface area contributed by atoms with Crippen LogP contribution < -0.4 is 14.4 Å². The van der Waals surface area contributed by atoms with Gasteiger partial charge < -0.3 is 9.47 Å². The maximum atomic E-state index is 13.8. The number of ether oxygens (including phenoxy) is 2. The Labute approximate surface area is 194 Å². The SMILES string of the molecule is CCOc1ccc(-c2nc(N(C(=O)C3CCCCC3)c3ccccc3OC)sc2C)cc1. The third-order valence-electron chi connectivity index (χ3n) is 5.92. The Morgan fingerprint density at radius 3 is 2.50 bits per heavy atom. The number of benzene rings is 2. The van der Waals surface area contributed by atoms with Crippen molar-refractivity contribution in [3.63, 3.8) is 0 Å². The Bertz CT molecular complexity index is 1060. The number of carbonyl (C=O) groups is 1. The third-order valence-corrected chi connectivity index (χ3v) is 6.87. The normalized spacial score (nSPS) is 14.2. The average molecular weight is 451 g/mol. The molecule has 0 bridgehead atoms. The third kappa shape index (κ3) is 4.65. The molecule has 168 valence electrons. The number of thiazole rings is 1. The Balaban J connectivity index is 1.74. The Morgan fingerprint density at radius 2 is 1.81 bits per heavy atom. The molecular weight excluding hydrogens is 420 g/mol. The molecule has 0 unspecified atom stereocenters. The first-order chi connectivity index (χ1) is 15.6. The van der Waals surface area contributed by atoms with Crippen LogP contribution in [0, 0.1) is 12.8 Å². The lowest BCUT2D eigenvalue weighted by atomic mass is 9.88. The summed E-state index contributed by atoms with van der Waals surface area (Å²) in [4.78, 5) is 21.6. The van der Waals surface area contributed by atoms with Crippen LogP contribution in [-0.4, -0.2) is 24.6 Å². The van der Waals surface area contributed by atoms with E-state index in [0.29, 0.717) is 17.5 Å². The maximum Gasteiger partial charge on any atom is 0.236 e. The average Bonchev–Trinajstić information content (AvgIpc) is 3.21. The molecule has 1 amide bonds. The first-order valence-electron chi connectivity index (χ1n) is 11.3. The summed E-state index contributed by atoms with van der Waals surface area (Å²) in [5.74, 6) is 1.65. The van der Waals surface area contributed by atoms with Gasteiger partial charge >= 0.3 is 0 Å². The van der Waals surface area contributed by atoms with Crippen molar-refractivity contribution in [2.75, 3.05) is 18.6 Å². The molecule has 4 rings (SSSR count). The monoisotopic (exact) mass is 450 g/mol. The van der Waals surface area contributed by atoms with Gasteiger partial charge in [-0.2, -0.15) is 0 Å². The van der Waals surface area contributed by atoms with Gasteiger partial charge in [-0.3, -0.25) is 9.69 Å². The molecule has 1 saturated carbocycles. The van der Waals surface area contributed by atoms with Gasteiger partial charge in [0.15, 0.2) is 5.13 Å². The summed E-state index contributed by atoms with van der Waals surface area (Å²) in [5, 5.41) is 0.687. The molecule has 3 aromatic rings. The van der Waals surface area contributed by atoms with Gasteiger partial charge in [0.25, 0.3) is 0 Å². The highest BCUT2D eigenvalue weighted by Gasteiger charge is 2.32. The standard InChI is InChI=1S/C26H30N2O3S/c1-4-31-21-16-14-19(15-17-21)24-18(2)32-26(27-24)28(22-12-8-9-13-23(22)30-3)25(29)20-10-6-5-7-11-20/h8-9,12-17,20H,4-7,10-11H2,1-3H3. The van der Waals surface area contributed by atoms with E-state index < -0.39 is 0 Å². The molecule has 1 aromatic heterocycles. The van der Waals surface area contributed by atoms with E-state index in [1.165, 1.54) is 6.42 Å². The summed E-state index contributed by atoms with van der Waals surface area (Å²) >= 11 is 1.55. The van der Waals surface area contributed by atoms with E-state index in [-0.39, 0.29) is 11.8 Å². The van der Waals surface area contributed by atoms with Crippen molar-refractivity contribution in [1.82, 2.24) is 4.98 Å². The number of aromatic nitrogens is 1. The molecule has 32 heavy (non-hydrogen) atoms. The van der Waals surface area contributed by atoms with Crippen LogP contribution in [-0.2, 0) is 4.79 Å². The van der Waals surface area contributed by atoms with Crippen molar-refractivity contribution < 1.29 is 14.3 Å². The number of hydrogen-bond acceptors (Lipinski definition) is 5. The van der Waals surface area contributed by atoms with Crippen molar-refractivity contribution in [2.24, 2.45) is 5.92 Å². The van der Waals surface area contributed by atoms with Crippen LogP contribution >= 0.6 is 11.3 Å². The zero-order valence-corrected chi connectivity index (χ0v) is 19.8. The summed E-state index contributed by atoms with van der Waals surface area (Å²) in [6, 6.07) is 15.7. The number of anilines is 2. The minimum atomic E-state index is 0.0202. The highest BCUT2D eigenvalue weighted by Crippen LogP contribution is 2.41. The quantitative estimate of drug-likeness (QED) is 0.398. The zero-order chi connectivity index (χ0) is 22.5. The Kier molecular flexibility index (Phi) is 7.10. The summed E-state index contributed by atoms with van der Waals surface area (Å²) in [5.41, 5.74) is 2.65. The van der Waals surface area contributed by atoms with E-state index in [1.807, 2.05) is 55.5 Å². The van der Waals surface area contributed by atoms with E-state index in [0.717, 1.165) is 53.3 Å². The van der Waals surface area contributed by atoms with Crippen molar-refractivity contribution >= 4 is 28.1 Å². The first-order valence-corrected chi connectivity index (χ1v) is 12.1. The van der Waals surface area contributed by atoms with Crippen LogP contribution in [0.1, 0.15) is 43.9 Å². The fourth-order valence-electron chi connectivity index (χ4n) is 4.28. The van der Waals surface area contributed by atoms with Crippen LogP contribution in [0.25, 0.3) is 11.3 Å². The first kappa shape index (κ1) is 22.3. The number of hydrogen-bond donors (Lipinski definition) is 0. The second-order valence-corrected chi connectivity index (χ2v) is 9.22. The van der Waals surface area contributed by atoms with Gasteiger partial charge in [0.2, 0.25) is 5.91 Å². The van der Waals surface area contributed by atoms with Crippen LogP contribution in [0.15, 0.2) is 48.5 Å². The predicted molar refractivity (Wildman–Crippen MR) is 130 cm³/mol. The summed E-state index contributed by atoms with van der Waals surface area (Å²) in [6.45, 7) is 4.66. The lowest BCUT2D eigenvalue weighted by molar-refractivity contribution is -0.122. The maximum absolute atomic E-state index is 13.8. The lowest BCUT2D eigenvalue weighted by Crippen LogP contribution is -2.33. The fraction of sp³-hybridized carbons (Fsp3) is 0.385. The number of carbonyl (C=O) groups excluding carboxylic acids is 1. The van der Waals surface area contributed by atoms with Gasteiger partial charge in [0.05, 0.1) is 25.1 Å². The molecule has 2 aromatic carbocycles. The summed E-state index contributed by atoms with van der Waals surface area (Å²) in [7, 11) is 1.64. The minimum absolute atomic E-state index is 0.0202. The Morgan fingerprint density at radius 1 is 1.09 bits per heavy atom. The van der Waals surface area contributed by atoms with Crippen LogP contribution in [0.4, 0.5) is 10.8 Å². The fourth-order valence-corrected chi connectivity index (χ4v) is 5.23. The second-order valence-electron chi connectivity index (χ2n) is 8.04. The van der Waals surface area contributed by atoms with E-state index in [2.05, 4.69) is 6.92 Å². The summed E-state index contributed by atoms with van der Waals surface area (Å²) < 4.78 is 11.2. The molecule has 1 aliphatic carbocycles. The number of para-hydroxylation sites is 2. The molecule has 0 radical (unpaired) electrons. The van der Waals surface area contributed by atoms with Crippen LogP contribution in [0.5, 0.6) is 11.5 Å². The number of methoxy groups -OCH3 is 1. The molecule has 6 heteroatoms. The van der Waals surface area contributed by atoms with Crippen LogP contribution in [0.3, 0.4) is 0 Å². The molecule has 0 N–H and O–H groups in total. The van der Waals surface area contributed by atoms with Gasteiger partial charge in [-0.15, -0.1) is 11.3 Å². The molecule has 1 fully saturated rings. The van der Waals surface area contributed by atoms with Gasteiger partial charge in [-0.25, -0.2) is 4.98 Å². The highest BCUT2D eigenvalue weighted by atomic mass is 32.1. The molecule has 5 nitrogen and oxygen atoms in total. The molecule has 0 spiro atoms. The number of aryl methyl sites for hydroxylation is 1. The van der Waals surface area contributed by atoms with E-state index in [9.17, 15) is 4.79 Å². The van der Waals surface area contributed by atoms with Crippen molar-refractivity contribution in [1.29, 1.82) is 0 Å². The molecular formula is C26H30N2O3S. The highest BCUT2D eigenvalue weighted by molar-refractivity contribution is 7.16.